The summed E-state index contributed by atoms with van der Waals surface area (Å²) in [7, 11) is -1.60. The number of furan rings is 1. The Balaban J connectivity index is 1.32. The van der Waals surface area contributed by atoms with Crippen molar-refractivity contribution in [2.75, 3.05) is 26.0 Å². The lowest BCUT2D eigenvalue weighted by Gasteiger charge is -2.49. The van der Waals surface area contributed by atoms with Gasteiger partial charge in [0.15, 0.2) is 15.7 Å². The van der Waals surface area contributed by atoms with E-state index in [1.807, 2.05) is 30.3 Å². The lowest BCUT2D eigenvalue weighted by Crippen LogP contribution is -2.65. The topological polar surface area (TPSA) is 98.7 Å². The maximum atomic E-state index is 12.9. The number of methoxy groups -OCH3 is 1. The van der Waals surface area contributed by atoms with Crippen LogP contribution in [-0.4, -0.2) is 54.2 Å². The Bertz CT molecular complexity index is 1120. The van der Waals surface area contributed by atoms with E-state index in [1.165, 1.54) is 0 Å². The molecule has 1 atom stereocenters. The zero-order valence-electron chi connectivity index (χ0n) is 16.7. The molecule has 3 aromatic rings. The third-order valence-corrected chi connectivity index (χ3v) is 8.76. The number of benzene rings is 1. The molecule has 2 fully saturated rings. The summed E-state index contributed by atoms with van der Waals surface area (Å²) in [6.45, 7) is 1.62. The van der Waals surface area contributed by atoms with E-state index in [9.17, 15) is 8.42 Å². The van der Waals surface area contributed by atoms with Gasteiger partial charge in [-0.1, -0.05) is 17.3 Å². The predicted molar refractivity (Wildman–Crippen MR) is 108 cm³/mol. The highest BCUT2D eigenvalue weighted by Gasteiger charge is 2.63. The molecular weight excluding hydrogens is 406 g/mol. The Hall–Kier alpha value is -2.65. The zero-order chi connectivity index (χ0) is 20.8. The van der Waals surface area contributed by atoms with Gasteiger partial charge in [0, 0.05) is 31.6 Å². The van der Waals surface area contributed by atoms with E-state index in [1.54, 1.807) is 19.6 Å². The van der Waals surface area contributed by atoms with E-state index in [2.05, 4.69) is 15.0 Å². The zero-order valence-corrected chi connectivity index (χ0v) is 17.5. The largest absolute Gasteiger partial charge is 0.497 e. The smallest absolute Gasteiger partial charge is 0.231 e. The second-order valence-corrected chi connectivity index (χ2v) is 10.5. The van der Waals surface area contributed by atoms with Gasteiger partial charge >= 0.3 is 0 Å². The fourth-order valence-corrected chi connectivity index (χ4v) is 6.95. The molecule has 1 aromatic carbocycles. The molecule has 1 spiro atoms. The first-order valence-corrected chi connectivity index (χ1v) is 11.6. The Labute approximate surface area is 174 Å². The van der Waals surface area contributed by atoms with Gasteiger partial charge in [0.25, 0.3) is 0 Å². The van der Waals surface area contributed by atoms with Crippen molar-refractivity contribution in [3.8, 4) is 5.75 Å². The molecule has 0 amide bonds. The van der Waals surface area contributed by atoms with Crippen LogP contribution >= 0.6 is 0 Å². The summed E-state index contributed by atoms with van der Waals surface area (Å²) in [6.07, 6.45) is 4.36. The summed E-state index contributed by atoms with van der Waals surface area (Å²) in [6, 6.07) is 9.58. The van der Waals surface area contributed by atoms with Crippen LogP contribution in [-0.2, 0) is 22.8 Å². The molecule has 9 heteroatoms. The highest BCUT2D eigenvalue weighted by Crippen LogP contribution is 2.49. The summed E-state index contributed by atoms with van der Waals surface area (Å²) in [4.78, 5) is 6.69. The Morgan fingerprint density at radius 1 is 1.20 bits per heavy atom. The lowest BCUT2D eigenvalue weighted by atomic mass is 9.83. The summed E-state index contributed by atoms with van der Waals surface area (Å²) in [5.41, 5.74) is 2.07. The van der Waals surface area contributed by atoms with E-state index < -0.39 is 14.6 Å². The first-order valence-electron chi connectivity index (χ1n) is 9.90. The van der Waals surface area contributed by atoms with Crippen molar-refractivity contribution in [2.24, 2.45) is 0 Å². The van der Waals surface area contributed by atoms with Gasteiger partial charge in [-0.25, -0.2) is 8.42 Å². The van der Waals surface area contributed by atoms with Crippen LogP contribution in [0.2, 0.25) is 0 Å². The molecule has 2 aromatic heterocycles. The van der Waals surface area contributed by atoms with E-state index >= 15 is 0 Å². The van der Waals surface area contributed by atoms with Gasteiger partial charge in [-0.2, -0.15) is 4.98 Å². The van der Waals surface area contributed by atoms with Crippen LogP contribution < -0.4 is 4.74 Å². The molecule has 1 unspecified atom stereocenters. The van der Waals surface area contributed by atoms with Gasteiger partial charge in [-0.05, 0) is 30.2 Å². The van der Waals surface area contributed by atoms with Crippen molar-refractivity contribution in [3.05, 3.63) is 65.7 Å². The molecular formula is C21H23N3O5S. The summed E-state index contributed by atoms with van der Waals surface area (Å²) >= 11 is 0. The first kappa shape index (κ1) is 19.3. The normalized spacial score (nSPS) is 22.2. The molecule has 0 saturated carbocycles. The van der Waals surface area contributed by atoms with E-state index in [-0.39, 0.29) is 11.7 Å². The van der Waals surface area contributed by atoms with Crippen molar-refractivity contribution in [2.45, 2.75) is 30.1 Å². The van der Waals surface area contributed by atoms with Crippen molar-refractivity contribution >= 4 is 9.84 Å². The van der Waals surface area contributed by atoms with Gasteiger partial charge in [-0.3, -0.25) is 4.90 Å². The highest BCUT2D eigenvalue weighted by atomic mass is 32.2. The highest BCUT2D eigenvalue weighted by molar-refractivity contribution is 7.93. The minimum Gasteiger partial charge on any atom is -0.497 e. The predicted octanol–water partition coefficient (Wildman–Crippen LogP) is 2.42. The SMILES string of the molecule is COc1ccc(Cc2noc(C3CCS(=O)(=O)C34CN(Cc3ccoc3)C4)n2)cc1. The maximum absolute atomic E-state index is 12.9. The van der Waals surface area contributed by atoms with Gasteiger partial charge in [0.1, 0.15) is 10.5 Å². The van der Waals surface area contributed by atoms with Crippen molar-refractivity contribution < 1.29 is 22.1 Å². The molecule has 158 valence electrons. The van der Waals surface area contributed by atoms with Gasteiger partial charge < -0.3 is 13.7 Å². The molecule has 2 aliphatic rings. The second kappa shape index (κ2) is 7.24. The van der Waals surface area contributed by atoms with E-state index in [4.69, 9.17) is 13.7 Å². The molecule has 0 radical (unpaired) electrons. The molecule has 0 N–H and O–H groups in total. The third kappa shape index (κ3) is 3.22. The lowest BCUT2D eigenvalue weighted by molar-refractivity contribution is 0.0898. The maximum Gasteiger partial charge on any atom is 0.231 e. The van der Waals surface area contributed by atoms with E-state index in [0.717, 1.165) is 16.9 Å². The number of sulfone groups is 1. The molecule has 2 saturated heterocycles. The molecule has 2 aliphatic heterocycles. The number of rotatable bonds is 6. The molecule has 4 heterocycles. The van der Waals surface area contributed by atoms with Crippen LogP contribution in [0.5, 0.6) is 5.75 Å². The molecule has 8 nitrogen and oxygen atoms in total. The van der Waals surface area contributed by atoms with Crippen LogP contribution in [0.4, 0.5) is 0 Å². The summed E-state index contributed by atoms with van der Waals surface area (Å²) in [5.74, 6) is 1.68. The number of aromatic nitrogens is 2. The average Bonchev–Trinajstić information content (AvgIpc) is 3.43. The number of hydrogen-bond donors (Lipinski definition) is 0. The number of nitrogens with zero attached hydrogens (tertiary/aromatic N) is 3. The molecule has 0 bridgehead atoms. The third-order valence-electron chi connectivity index (χ3n) is 6.20. The fraction of sp³-hybridized carbons (Fsp3) is 0.429. The van der Waals surface area contributed by atoms with E-state index in [0.29, 0.717) is 44.2 Å². The van der Waals surface area contributed by atoms with Gasteiger partial charge in [0.2, 0.25) is 5.89 Å². The van der Waals surface area contributed by atoms with Crippen LogP contribution in [0, 0.1) is 0 Å². The minimum absolute atomic E-state index is 0.160. The van der Waals surface area contributed by atoms with Crippen molar-refractivity contribution in [3.63, 3.8) is 0 Å². The Morgan fingerprint density at radius 2 is 2.00 bits per heavy atom. The molecule has 30 heavy (non-hydrogen) atoms. The van der Waals surface area contributed by atoms with Crippen LogP contribution in [0.1, 0.15) is 35.2 Å². The van der Waals surface area contributed by atoms with Crippen LogP contribution in [0.15, 0.2) is 51.8 Å². The molecule has 5 rings (SSSR count). The quantitative estimate of drug-likeness (QED) is 0.589. The fourth-order valence-electron chi connectivity index (χ4n) is 4.59. The number of ether oxygens (including phenoxy) is 1. The van der Waals surface area contributed by atoms with Gasteiger partial charge in [0.05, 0.1) is 31.3 Å². The van der Waals surface area contributed by atoms with Crippen LogP contribution in [0.25, 0.3) is 0 Å². The Kier molecular flexibility index (Phi) is 4.67. The summed E-state index contributed by atoms with van der Waals surface area (Å²) < 4.78 is 40.8. The van der Waals surface area contributed by atoms with Gasteiger partial charge in [-0.15, -0.1) is 0 Å². The average molecular weight is 429 g/mol. The number of likely N-dealkylation sites (tertiary alicyclic amines) is 1. The van der Waals surface area contributed by atoms with Crippen LogP contribution in [0.3, 0.4) is 0 Å². The van der Waals surface area contributed by atoms with Crippen molar-refractivity contribution in [1.29, 1.82) is 0 Å². The monoisotopic (exact) mass is 429 g/mol. The van der Waals surface area contributed by atoms with Crippen molar-refractivity contribution in [1.82, 2.24) is 15.0 Å². The second-order valence-electron chi connectivity index (χ2n) is 8.08. The first-order chi connectivity index (χ1) is 14.5. The molecule has 0 aliphatic carbocycles. The Morgan fingerprint density at radius 3 is 2.70 bits per heavy atom. The standard InChI is InChI=1S/C21H23N3O5S/c1-27-17-4-2-15(3-5-17)10-19-22-20(29-23-19)18-7-9-30(25,26)21(18)13-24(14-21)11-16-6-8-28-12-16/h2-6,8,12,18H,7,9-11,13-14H2,1H3. The number of hydrogen-bond acceptors (Lipinski definition) is 8. The summed E-state index contributed by atoms with van der Waals surface area (Å²) in [5, 5.41) is 4.11. The minimum atomic E-state index is -3.22.